The van der Waals surface area contributed by atoms with E-state index in [1.807, 2.05) is 6.08 Å². The van der Waals surface area contributed by atoms with Crippen LogP contribution >= 0.6 is 0 Å². The largest absolute Gasteiger partial charge is 0.466 e. The molecule has 3 N–H and O–H groups in total. The number of unbranched alkanes of at least 4 members (excludes halogenated alkanes) is 42. The van der Waals surface area contributed by atoms with Crippen molar-refractivity contribution in [2.24, 2.45) is 0 Å². The zero-order valence-electron chi connectivity index (χ0n) is 46.3. The second-order valence-electron chi connectivity index (χ2n) is 21.0. The fourth-order valence-corrected chi connectivity index (χ4v) is 9.43. The Kier molecular flexibility index (Phi) is 57.0. The van der Waals surface area contributed by atoms with E-state index in [-0.39, 0.29) is 18.5 Å². The predicted octanol–water partition coefficient (Wildman–Crippen LogP) is 19.2. The fraction of sp³-hybridized carbons (Fsp3) is 0.873. The van der Waals surface area contributed by atoms with Crippen molar-refractivity contribution in [1.29, 1.82) is 0 Å². The van der Waals surface area contributed by atoms with Crippen LogP contribution in [0.5, 0.6) is 0 Å². The third kappa shape index (κ3) is 55.2. The molecule has 0 aliphatic heterocycles. The molecule has 0 spiro atoms. The topological polar surface area (TPSA) is 95.9 Å². The minimum Gasteiger partial charge on any atom is -0.466 e. The van der Waals surface area contributed by atoms with E-state index in [2.05, 4.69) is 43.5 Å². The van der Waals surface area contributed by atoms with Crippen molar-refractivity contribution in [3.8, 4) is 0 Å². The molecule has 0 aromatic carbocycles. The third-order valence-corrected chi connectivity index (χ3v) is 14.2. The molecule has 6 heteroatoms. The summed E-state index contributed by atoms with van der Waals surface area (Å²) in [4.78, 5) is 24.5. The lowest BCUT2D eigenvalue weighted by atomic mass is 10.0. The number of aliphatic hydroxyl groups is 2. The number of allylic oxidation sites excluding steroid dienone is 5. The van der Waals surface area contributed by atoms with Gasteiger partial charge in [0.2, 0.25) is 5.91 Å². The smallest absolute Gasteiger partial charge is 0.305 e. The lowest BCUT2D eigenvalue weighted by Crippen LogP contribution is -2.45. The molecule has 0 rings (SSSR count). The summed E-state index contributed by atoms with van der Waals surface area (Å²) >= 11 is 0. The van der Waals surface area contributed by atoms with Gasteiger partial charge in [0.05, 0.1) is 25.4 Å². The fourth-order valence-electron chi connectivity index (χ4n) is 9.43. The normalized spacial score (nSPS) is 12.8. The summed E-state index contributed by atoms with van der Waals surface area (Å²) in [5.41, 5.74) is 0. The summed E-state index contributed by atoms with van der Waals surface area (Å²) in [6, 6.07) is -0.627. The highest BCUT2D eigenvalue weighted by atomic mass is 16.5. The van der Waals surface area contributed by atoms with Crippen LogP contribution in [-0.2, 0) is 14.3 Å². The molecule has 0 aliphatic rings. The maximum atomic E-state index is 12.4. The SMILES string of the molecule is CCCCC/C=C\C/C=C\CCCCCCCCCC(=O)OCCCCCCCCCCCCCCCCCCCCCCCCC(=O)NC(CO)C(O)/C=C/CCCCCCCCCCCCC. The van der Waals surface area contributed by atoms with Gasteiger partial charge in [-0.3, -0.25) is 9.59 Å². The van der Waals surface area contributed by atoms with Crippen molar-refractivity contribution < 1.29 is 24.5 Å². The Morgan fingerprint density at radius 2 is 0.725 bits per heavy atom. The molecule has 0 fully saturated rings. The van der Waals surface area contributed by atoms with Gasteiger partial charge in [0, 0.05) is 12.8 Å². The van der Waals surface area contributed by atoms with Crippen molar-refractivity contribution in [2.45, 2.75) is 341 Å². The van der Waals surface area contributed by atoms with Crippen LogP contribution in [0, 0.1) is 0 Å². The Bertz CT molecular complexity index is 1120. The van der Waals surface area contributed by atoms with Crippen molar-refractivity contribution in [1.82, 2.24) is 5.32 Å². The molecular weight excluding hydrogens is 851 g/mol. The number of ether oxygens (including phenoxy) is 1. The minimum absolute atomic E-state index is 0.00488. The molecule has 0 heterocycles. The van der Waals surface area contributed by atoms with Crippen LogP contribution in [0.2, 0.25) is 0 Å². The van der Waals surface area contributed by atoms with Crippen LogP contribution in [0.25, 0.3) is 0 Å². The number of carbonyl (C=O) groups excluding carboxylic acids is 2. The molecule has 406 valence electrons. The Labute approximate surface area is 430 Å². The van der Waals surface area contributed by atoms with E-state index in [0.717, 1.165) is 51.4 Å². The maximum Gasteiger partial charge on any atom is 0.305 e. The maximum absolute atomic E-state index is 12.4. The quantitative estimate of drug-likeness (QED) is 0.0321. The van der Waals surface area contributed by atoms with Gasteiger partial charge < -0.3 is 20.3 Å². The zero-order chi connectivity index (χ0) is 50.0. The van der Waals surface area contributed by atoms with E-state index in [9.17, 15) is 19.8 Å². The molecule has 0 radical (unpaired) electrons. The first-order valence-electron chi connectivity index (χ1n) is 30.8. The number of hydrogen-bond acceptors (Lipinski definition) is 5. The van der Waals surface area contributed by atoms with Gasteiger partial charge in [-0.05, 0) is 64.2 Å². The van der Waals surface area contributed by atoms with Gasteiger partial charge in [-0.2, -0.15) is 0 Å². The van der Waals surface area contributed by atoms with Crippen LogP contribution < -0.4 is 5.32 Å². The molecule has 69 heavy (non-hydrogen) atoms. The second kappa shape index (κ2) is 58.6. The summed E-state index contributed by atoms with van der Waals surface area (Å²) in [6.45, 7) is 4.88. The van der Waals surface area contributed by atoms with Crippen molar-refractivity contribution in [3.63, 3.8) is 0 Å². The molecule has 1 amide bonds. The molecule has 6 nitrogen and oxygen atoms in total. The van der Waals surface area contributed by atoms with Gasteiger partial charge in [-0.1, -0.05) is 288 Å². The van der Waals surface area contributed by atoms with E-state index in [1.54, 1.807) is 6.08 Å². The first-order valence-corrected chi connectivity index (χ1v) is 30.8. The van der Waals surface area contributed by atoms with Gasteiger partial charge in [0.15, 0.2) is 0 Å². The van der Waals surface area contributed by atoms with Gasteiger partial charge in [0.1, 0.15) is 0 Å². The molecule has 0 bridgehead atoms. The predicted molar refractivity (Wildman–Crippen MR) is 301 cm³/mol. The number of carbonyl (C=O) groups is 2. The van der Waals surface area contributed by atoms with Crippen LogP contribution in [0.3, 0.4) is 0 Å². The first kappa shape index (κ1) is 67.1. The van der Waals surface area contributed by atoms with Crippen molar-refractivity contribution in [3.05, 3.63) is 36.5 Å². The number of nitrogens with one attached hydrogen (secondary N) is 1. The van der Waals surface area contributed by atoms with Crippen molar-refractivity contribution in [2.75, 3.05) is 13.2 Å². The number of rotatable bonds is 57. The van der Waals surface area contributed by atoms with E-state index < -0.39 is 12.1 Å². The average Bonchev–Trinajstić information content (AvgIpc) is 3.35. The van der Waals surface area contributed by atoms with E-state index in [1.165, 1.54) is 250 Å². The molecule has 0 aliphatic carbocycles. The average molecular weight is 971 g/mol. The molecule has 0 aromatic rings. The molecule has 2 unspecified atom stereocenters. The van der Waals surface area contributed by atoms with E-state index >= 15 is 0 Å². The second-order valence-corrected chi connectivity index (χ2v) is 21.0. The number of esters is 1. The minimum atomic E-state index is -0.844. The molecule has 2 atom stereocenters. The van der Waals surface area contributed by atoms with Crippen LogP contribution in [0.1, 0.15) is 328 Å². The molecular formula is C63H119NO5. The van der Waals surface area contributed by atoms with Crippen molar-refractivity contribution >= 4 is 11.9 Å². The lowest BCUT2D eigenvalue weighted by Gasteiger charge is -2.20. The number of aliphatic hydroxyl groups excluding tert-OH is 2. The third-order valence-electron chi connectivity index (χ3n) is 14.2. The lowest BCUT2D eigenvalue weighted by molar-refractivity contribution is -0.143. The highest BCUT2D eigenvalue weighted by Crippen LogP contribution is 2.17. The highest BCUT2D eigenvalue weighted by molar-refractivity contribution is 5.76. The number of hydrogen-bond donors (Lipinski definition) is 3. The summed E-state index contributed by atoms with van der Waals surface area (Å²) in [5, 5.41) is 23.1. The molecule has 0 saturated heterocycles. The van der Waals surface area contributed by atoms with E-state index in [0.29, 0.717) is 19.4 Å². The summed E-state index contributed by atoms with van der Waals surface area (Å²) in [5.74, 6) is -0.0631. The standard InChI is InChI=1S/C63H119NO5/c1-3-5-7-9-11-13-15-17-18-25-29-33-37-41-45-49-53-57-63(68)69-58-54-50-46-42-38-34-30-27-24-22-20-19-21-23-26-28-32-36-40-44-48-52-56-62(67)64-60(59-65)61(66)55-51-47-43-39-35-31-16-14-12-10-8-6-4-2/h11,13,17-18,51,55,60-61,65-66H,3-10,12,14-16,19-50,52-54,56-59H2,1-2H3,(H,64,67)/b13-11-,18-17-,55-51+. The monoisotopic (exact) mass is 970 g/mol. The zero-order valence-corrected chi connectivity index (χ0v) is 46.3. The van der Waals surface area contributed by atoms with Gasteiger partial charge in [-0.15, -0.1) is 0 Å². The Hall–Kier alpha value is -1.92. The number of amides is 1. The summed E-state index contributed by atoms with van der Waals surface area (Å²) in [7, 11) is 0. The highest BCUT2D eigenvalue weighted by Gasteiger charge is 2.18. The van der Waals surface area contributed by atoms with Crippen LogP contribution in [0.15, 0.2) is 36.5 Å². The Morgan fingerprint density at radius 3 is 1.13 bits per heavy atom. The van der Waals surface area contributed by atoms with Gasteiger partial charge in [0.25, 0.3) is 0 Å². The van der Waals surface area contributed by atoms with Crippen LogP contribution in [-0.4, -0.2) is 47.4 Å². The van der Waals surface area contributed by atoms with Crippen LogP contribution in [0.4, 0.5) is 0 Å². The Balaban J connectivity index is 3.39. The van der Waals surface area contributed by atoms with Gasteiger partial charge in [-0.25, -0.2) is 0 Å². The van der Waals surface area contributed by atoms with Gasteiger partial charge >= 0.3 is 5.97 Å². The first-order chi connectivity index (χ1) is 34.0. The Morgan fingerprint density at radius 1 is 0.406 bits per heavy atom. The molecule has 0 saturated carbocycles. The van der Waals surface area contributed by atoms with E-state index in [4.69, 9.17) is 4.74 Å². The summed E-state index contributed by atoms with van der Waals surface area (Å²) in [6.07, 6.45) is 73.2. The summed E-state index contributed by atoms with van der Waals surface area (Å²) < 4.78 is 5.49. The molecule has 0 aromatic heterocycles.